The Kier molecular flexibility index (Phi) is 6.35. The molecule has 6 nitrogen and oxygen atoms in total. The minimum absolute atomic E-state index is 0.0313. The second-order valence-corrected chi connectivity index (χ2v) is 6.77. The van der Waals surface area contributed by atoms with E-state index in [0.717, 1.165) is 11.3 Å². The topological polar surface area (TPSA) is 68.6 Å². The van der Waals surface area contributed by atoms with Gasteiger partial charge in [0.25, 0.3) is 5.91 Å². The summed E-state index contributed by atoms with van der Waals surface area (Å²) in [6.07, 6.45) is 1.42. The minimum atomic E-state index is -0.314. The fraction of sp³-hybridized carbons (Fsp3) is 0.273. The van der Waals surface area contributed by atoms with Gasteiger partial charge in [-0.05, 0) is 48.9 Å². The van der Waals surface area contributed by atoms with Crippen LogP contribution in [-0.4, -0.2) is 44.1 Å². The Morgan fingerprint density at radius 2 is 1.86 bits per heavy atom. The average molecular weight is 394 g/mol. The van der Waals surface area contributed by atoms with Crippen molar-refractivity contribution in [3.8, 4) is 11.8 Å². The molecule has 1 saturated heterocycles. The molecule has 29 heavy (non-hydrogen) atoms. The van der Waals surface area contributed by atoms with E-state index in [1.165, 1.54) is 18.3 Å². The highest BCUT2D eigenvalue weighted by Gasteiger charge is 2.24. The number of nitrogens with one attached hydrogen (secondary N) is 1. The van der Waals surface area contributed by atoms with E-state index in [-0.39, 0.29) is 17.3 Å². The molecule has 1 fully saturated rings. The number of aryl methyl sites for hydroxylation is 1. The Morgan fingerprint density at radius 1 is 1.17 bits per heavy atom. The van der Waals surface area contributed by atoms with Gasteiger partial charge in [-0.3, -0.25) is 4.79 Å². The van der Waals surface area contributed by atoms with E-state index in [9.17, 15) is 14.4 Å². The number of hydrogen-bond acceptors (Lipinski definition) is 5. The van der Waals surface area contributed by atoms with Crippen LogP contribution in [0.4, 0.5) is 15.8 Å². The first-order valence-corrected chi connectivity index (χ1v) is 9.33. The van der Waals surface area contributed by atoms with Gasteiger partial charge in [-0.2, -0.15) is 5.26 Å². The molecule has 0 unspecified atom stereocenters. The summed E-state index contributed by atoms with van der Waals surface area (Å²) in [7, 11) is 1.57. The summed E-state index contributed by atoms with van der Waals surface area (Å²) in [6.45, 7) is 4.17. The number of ether oxygens (including phenoxy) is 1. The molecule has 7 heteroatoms. The predicted octanol–water partition coefficient (Wildman–Crippen LogP) is 3.31. The average Bonchev–Trinajstić information content (AvgIpc) is 2.75. The van der Waals surface area contributed by atoms with E-state index in [2.05, 4.69) is 10.2 Å². The number of carbonyl (C=O) groups excluding carboxylic acids is 1. The molecule has 1 aliphatic heterocycles. The van der Waals surface area contributed by atoms with Gasteiger partial charge in [0.1, 0.15) is 23.2 Å². The molecule has 0 aromatic heterocycles. The van der Waals surface area contributed by atoms with Crippen LogP contribution in [0.25, 0.3) is 0 Å². The Morgan fingerprint density at radius 3 is 2.48 bits per heavy atom. The number of nitrogens with zero attached hydrogens (tertiary/aromatic N) is 3. The third kappa shape index (κ3) is 4.85. The number of methoxy groups -OCH3 is 1. The molecular formula is C22H23FN4O2. The molecule has 0 atom stereocenters. The van der Waals surface area contributed by atoms with Crippen molar-refractivity contribution in [3.63, 3.8) is 0 Å². The zero-order valence-corrected chi connectivity index (χ0v) is 16.5. The summed E-state index contributed by atoms with van der Waals surface area (Å²) in [4.78, 5) is 16.5. The number of carbonyl (C=O) groups is 1. The van der Waals surface area contributed by atoms with Gasteiger partial charge in [0.05, 0.1) is 12.8 Å². The summed E-state index contributed by atoms with van der Waals surface area (Å²) in [6, 6.07) is 13.9. The van der Waals surface area contributed by atoms with E-state index in [1.807, 2.05) is 31.2 Å². The van der Waals surface area contributed by atoms with Crippen LogP contribution in [-0.2, 0) is 4.79 Å². The van der Waals surface area contributed by atoms with E-state index >= 15 is 0 Å². The third-order valence-electron chi connectivity index (χ3n) is 4.84. The number of anilines is 2. The number of nitriles is 1. The first-order valence-electron chi connectivity index (χ1n) is 9.33. The van der Waals surface area contributed by atoms with Gasteiger partial charge in [-0.1, -0.05) is 6.07 Å². The summed E-state index contributed by atoms with van der Waals surface area (Å²) < 4.78 is 18.4. The first-order chi connectivity index (χ1) is 14.0. The second-order valence-electron chi connectivity index (χ2n) is 6.77. The Labute approximate surface area is 169 Å². The molecule has 1 N–H and O–H groups in total. The monoisotopic (exact) mass is 394 g/mol. The molecule has 150 valence electrons. The Balaban J connectivity index is 1.64. The lowest BCUT2D eigenvalue weighted by atomic mass is 10.2. The molecule has 2 aromatic carbocycles. The summed E-state index contributed by atoms with van der Waals surface area (Å²) in [5.41, 5.74) is 2.67. The summed E-state index contributed by atoms with van der Waals surface area (Å²) in [5, 5.41) is 12.5. The zero-order chi connectivity index (χ0) is 20.8. The summed E-state index contributed by atoms with van der Waals surface area (Å²) >= 11 is 0. The van der Waals surface area contributed by atoms with Crippen molar-refractivity contribution in [1.82, 2.24) is 4.90 Å². The maximum absolute atomic E-state index is 13.1. The van der Waals surface area contributed by atoms with Gasteiger partial charge >= 0.3 is 0 Å². The van der Waals surface area contributed by atoms with E-state index in [1.54, 1.807) is 24.1 Å². The molecule has 1 aliphatic rings. The fourth-order valence-electron chi connectivity index (χ4n) is 3.22. The van der Waals surface area contributed by atoms with Crippen LogP contribution in [0.1, 0.15) is 5.56 Å². The van der Waals surface area contributed by atoms with E-state index in [0.29, 0.717) is 37.6 Å². The van der Waals surface area contributed by atoms with Crippen LogP contribution >= 0.6 is 0 Å². The zero-order valence-electron chi connectivity index (χ0n) is 16.5. The van der Waals surface area contributed by atoms with Gasteiger partial charge in [0.2, 0.25) is 0 Å². The molecule has 0 aliphatic carbocycles. The van der Waals surface area contributed by atoms with Crippen molar-refractivity contribution in [3.05, 3.63) is 65.6 Å². The highest BCUT2D eigenvalue weighted by molar-refractivity contribution is 5.97. The maximum Gasteiger partial charge on any atom is 0.266 e. The smallest absolute Gasteiger partial charge is 0.266 e. The molecule has 0 saturated carbocycles. The van der Waals surface area contributed by atoms with Crippen molar-refractivity contribution >= 4 is 17.3 Å². The lowest BCUT2D eigenvalue weighted by molar-refractivity contribution is -0.127. The molecule has 1 heterocycles. The largest absolute Gasteiger partial charge is 0.495 e. The van der Waals surface area contributed by atoms with Crippen LogP contribution < -0.4 is 15.0 Å². The predicted molar refractivity (Wildman–Crippen MR) is 110 cm³/mol. The minimum Gasteiger partial charge on any atom is -0.495 e. The van der Waals surface area contributed by atoms with Gasteiger partial charge in [0, 0.05) is 38.1 Å². The highest BCUT2D eigenvalue weighted by Crippen LogP contribution is 2.25. The summed E-state index contributed by atoms with van der Waals surface area (Å²) in [5.74, 6) is 0.0407. The molecule has 0 spiro atoms. The maximum atomic E-state index is 13.1. The van der Waals surface area contributed by atoms with Crippen LogP contribution in [0.15, 0.2) is 54.2 Å². The number of halogens is 1. The van der Waals surface area contributed by atoms with Crippen LogP contribution in [0.2, 0.25) is 0 Å². The van der Waals surface area contributed by atoms with Crippen molar-refractivity contribution < 1.29 is 13.9 Å². The normalized spacial score (nSPS) is 14.3. The van der Waals surface area contributed by atoms with Crippen molar-refractivity contribution in [2.24, 2.45) is 0 Å². The lowest BCUT2D eigenvalue weighted by Crippen LogP contribution is -2.49. The second kappa shape index (κ2) is 9.11. The number of piperazine rings is 1. The van der Waals surface area contributed by atoms with Crippen molar-refractivity contribution in [2.45, 2.75) is 6.92 Å². The van der Waals surface area contributed by atoms with Gasteiger partial charge in [-0.15, -0.1) is 0 Å². The number of amides is 1. The molecule has 0 radical (unpaired) electrons. The lowest BCUT2D eigenvalue weighted by Gasteiger charge is -2.36. The van der Waals surface area contributed by atoms with E-state index < -0.39 is 0 Å². The van der Waals surface area contributed by atoms with Crippen LogP contribution in [0.3, 0.4) is 0 Å². The first kappa shape index (κ1) is 20.2. The van der Waals surface area contributed by atoms with Gasteiger partial charge < -0.3 is 19.9 Å². The van der Waals surface area contributed by atoms with Crippen LogP contribution in [0, 0.1) is 24.1 Å². The Hall–Kier alpha value is -3.53. The number of hydrogen-bond donors (Lipinski definition) is 1. The number of rotatable bonds is 5. The van der Waals surface area contributed by atoms with Crippen LogP contribution in [0.5, 0.6) is 5.75 Å². The fourth-order valence-corrected chi connectivity index (χ4v) is 3.22. The quantitative estimate of drug-likeness (QED) is 0.622. The highest BCUT2D eigenvalue weighted by atomic mass is 19.1. The van der Waals surface area contributed by atoms with Gasteiger partial charge in [-0.25, -0.2) is 4.39 Å². The SMILES string of the molecule is COc1ccc(C)cc1N/C=C(/C#N)C(=O)N1CCN(c2ccc(F)cc2)CC1. The Bertz CT molecular complexity index is 942. The van der Waals surface area contributed by atoms with Crippen molar-refractivity contribution in [2.75, 3.05) is 43.5 Å². The van der Waals surface area contributed by atoms with Crippen molar-refractivity contribution in [1.29, 1.82) is 5.26 Å². The number of benzene rings is 2. The standard InChI is InChI=1S/C22H23FN4O2/c1-16-3-8-21(29-2)20(13-16)25-15-17(14-24)22(28)27-11-9-26(10-12-27)19-6-4-18(23)5-7-19/h3-8,13,15,25H,9-12H2,1-2H3/b17-15-. The molecule has 2 aromatic rings. The molecule has 1 amide bonds. The molecule has 3 rings (SSSR count). The molecule has 0 bridgehead atoms. The van der Waals surface area contributed by atoms with E-state index in [4.69, 9.17) is 4.74 Å². The third-order valence-corrected chi connectivity index (χ3v) is 4.84. The molecular weight excluding hydrogens is 371 g/mol. The van der Waals surface area contributed by atoms with Gasteiger partial charge in [0.15, 0.2) is 0 Å².